The third kappa shape index (κ3) is 2.37. The fourth-order valence-corrected chi connectivity index (χ4v) is 2.23. The first-order valence-corrected chi connectivity index (χ1v) is 6.56. The van der Waals surface area contributed by atoms with Gasteiger partial charge < -0.3 is 19.9 Å². The van der Waals surface area contributed by atoms with E-state index in [0.29, 0.717) is 18.0 Å². The van der Waals surface area contributed by atoms with E-state index < -0.39 is 0 Å². The Morgan fingerprint density at radius 2 is 1.85 bits per heavy atom. The SMILES string of the molecule is Cc1ccc(C)c(NCc2cc3c(cc2O)OCO3)c1. The summed E-state index contributed by atoms with van der Waals surface area (Å²) in [5.41, 5.74) is 4.24. The Morgan fingerprint density at radius 3 is 2.65 bits per heavy atom. The van der Waals surface area contributed by atoms with Gasteiger partial charge in [0.1, 0.15) is 5.75 Å². The van der Waals surface area contributed by atoms with Gasteiger partial charge in [-0.15, -0.1) is 0 Å². The summed E-state index contributed by atoms with van der Waals surface area (Å²) in [6.07, 6.45) is 0. The van der Waals surface area contributed by atoms with Crippen LogP contribution in [0.4, 0.5) is 5.69 Å². The predicted octanol–water partition coefficient (Wildman–Crippen LogP) is 3.35. The number of phenolic OH excluding ortho intramolecular Hbond substituents is 1. The van der Waals surface area contributed by atoms with Crippen molar-refractivity contribution in [2.24, 2.45) is 0 Å². The quantitative estimate of drug-likeness (QED) is 0.899. The summed E-state index contributed by atoms with van der Waals surface area (Å²) in [7, 11) is 0. The van der Waals surface area contributed by atoms with Gasteiger partial charge in [-0.05, 0) is 37.1 Å². The Bertz CT molecular complexity index is 652. The smallest absolute Gasteiger partial charge is 0.231 e. The summed E-state index contributed by atoms with van der Waals surface area (Å²) < 4.78 is 10.6. The van der Waals surface area contributed by atoms with Crippen molar-refractivity contribution in [3.05, 3.63) is 47.0 Å². The zero-order chi connectivity index (χ0) is 14.1. The summed E-state index contributed by atoms with van der Waals surface area (Å²) in [6.45, 7) is 4.86. The second kappa shape index (κ2) is 4.96. The molecule has 1 aliphatic heterocycles. The number of anilines is 1. The third-order valence-electron chi connectivity index (χ3n) is 3.44. The first-order valence-electron chi connectivity index (χ1n) is 6.56. The molecule has 1 heterocycles. The average Bonchev–Trinajstić information content (AvgIpc) is 2.86. The molecule has 2 N–H and O–H groups in total. The maximum absolute atomic E-state index is 10.0. The monoisotopic (exact) mass is 271 g/mol. The van der Waals surface area contributed by atoms with E-state index in [9.17, 15) is 5.11 Å². The Hall–Kier alpha value is -2.36. The molecule has 0 saturated carbocycles. The van der Waals surface area contributed by atoms with Gasteiger partial charge in [-0.1, -0.05) is 12.1 Å². The zero-order valence-corrected chi connectivity index (χ0v) is 11.6. The first kappa shape index (κ1) is 12.7. The van der Waals surface area contributed by atoms with Gasteiger partial charge >= 0.3 is 0 Å². The molecule has 1 aliphatic rings. The fraction of sp³-hybridized carbons (Fsp3) is 0.250. The molecular weight excluding hydrogens is 254 g/mol. The summed E-state index contributed by atoms with van der Waals surface area (Å²) in [5, 5.41) is 13.3. The number of ether oxygens (including phenoxy) is 2. The molecule has 20 heavy (non-hydrogen) atoms. The highest BCUT2D eigenvalue weighted by atomic mass is 16.7. The molecule has 0 amide bonds. The standard InChI is InChI=1S/C16H17NO3/c1-10-3-4-11(2)13(5-10)17-8-12-6-15-16(7-14(12)18)20-9-19-15/h3-7,17-18H,8-9H2,1-2H3. The highest BCUT2D eigenvalue weighted by Crippen LogP contribution is 2.37. The minimum Gasteiger partial charge on any atom is -0.507 e. The molecule has 0 saturated heterocycles. The van der Waals surface area contributed by atoms with Crippen molar-refractivity contribution in [1.29, 1.82) is 0 Å². The van der Waals surface area contributed by atoms with E-state index in [-0.39, 0.29) is 12.5 Å². The normalized spacial score (nSPS) is 12.5. The van der Waals surface area contributed by atoms with Crippen LogP contribution in [-0.2, 0) is 6.54 Å². The van der Waals surface area contributed by atoms with Gasteiger partial charge in [-0.25, -0.2) is 0 Å². The van der Waals surface area contributed by atoms with Crippen molar-refractivity contribution in [2.75, 3.05) is 12.1 Å². The lowest BCUT2D eigenvalue weighted by Gasteiger charge is -2.12. The molecule has 0 unspecified atom stereocenters. The number of nitrogens with one attached hydrogen (secondary N) is 1. The molecule has 0 radical (unpaired) electrons. The number of phenols is 1. The number of aromatic hydroxyl groups is 1. The van der Waals surface area contributed by atoms with Crippen molar-refractivity contribution >= 4 is 5.69 Å². The minimum absolute atomic E-state index is 0.211. The summed E-state index contributed by atoms with van der Waals surface area (Å²) >= 11 is 0. The molecule has 0 fully saturated rings. The number of hydrogen-bond acceptors (Lipinski definition) is 4. The second-order valence-corrected chi connectivity index (χ2v) is 5.01. The summed E-state index contributed by atoms with van der Waals surface area (Å²) in [6, 6.07) is 9.67. The van der Waals surface area contributed by atoms with Crippen LogP contribution in [0.15, 0.2) is 30.3 Å². The number of hydrogen-bond donors (Lipinski definition) is 2. The van der Waals surface area contributed by atoms with Crippen molar-refractivity contribution in [1.82, 2.24) is 0 Å². The van der Waals surface area contributed by atoms with E-state index in [4.69, 9.17) is 9.47 Å². The van der Waals surface area contributed by atoms with E-state index in [1.165, 1.54) is 11.1 Å². The Labute approximate surface area is 118 Å². The van der Waals surface area contributed by atoms with E-state index in [1.807, 2.05) is 6.07 Å². The van der Waals surface area contributed by atoms with Crippen LogP contribution in [-0.4, -0.2) is 11.9 Å². The Kier molecular flexibility index (Phi) is 3.14. The van der Waals surface area contributed by atoms with Gasteiger partial charge in [0.15, 0.2) is 11.5 Å². The molecule has 4 heteroatoms. The molecule has 4 nitrogen and oxygen atoms in total. The zero-order valence-electron chi connectivity index (χ0n) is 11.6. The minimum atomic E-state index is 0.211. The first-order chi connectivity index (χ1) is 9.63. The number of fused-ring (bicyclic) bond motifs is 1. The van der Waals surface area contributed by atoms with E-state index in [2.05, 4.69) is 37.4 Å². The molecule has 2 aromatic carbocycles. The van der Waals surface area contributed by atoms with Gasteiger partial charge in [-0.2, -0.15) is 0 Å². The highest BCUT2D eigenvalue weighted by Gasteiger charge is 2.16. The number of benzene rings is 2. The van der Waals surface area contributed by atoms with E-state index in [1.54, 1.807) is 6.07 Å². The molecule has 2 aromatic rings. The molecule has 0 aromatic heterocycles. The van der Waals surface area contributed by atoms with Crippen molar-refractivity contribution in [3.63, 3.8) is 0 Å². The maximum atomic E-state index is 10.0. The predicted molar refractivity (Wildman–Crippen MR) is 77.5 cm³/mol. The van der Waals surface area contributed by atoms with Crippen LogP contribution in [0.1, 0.15) is 16.7 Å². The Morgan fingerprint density at radius 1 is 1.10 bits per heavy atom. The van der Waals surface area contributed by atoms with Crippen LogP contribution in [0.25, 0.3) is 0 Å². The molecule has 3 rings (SSSR count). The highest BCUT2D eigenvalue weighted by molar-refractivity contribution is 5.55. The van der Waals surface area contributed by atoms with Crippen LogP contribution in [0, 0.1) is 13.8 Å². The lowest BCUT2D eigenvalue weighted by Crippen LogP contribution is -2.01. The maximum Gasteiger partial charge on any atom is 0.231 e. The second-order valence-electron chi connectivity index (χ2n) is 5.01. The van der Waals surface area contributed by atoms with Gasteiger partial charge in [0.05, 0.1) is 0 Å². The van der Waals surface area contributed by atoms with Crippen molar-refractivity contribution in [3.8, 4) is 17.2 Å². The third-order valence-corrected chi connectivity index (χ3v) is 3.44. The van der Waals surface area contributed by atoms with Crippen LogP contribution in [0.3, 0.4) is 0 Å². The number of rotatable bonds is 3. The van der Waals surface area contributed by atoms with Crippen LogP contribution in [0.2, 0.25) is 0 Å². The molecule has 0 aliphatic carbocycles. The topological polar surface area (TPSA) is 50.7 Å². The Balaban J connectivity index is 1.80. The molecule has 104 valence electrons. The van der Waals surface area contributed by atoms with Crippen LogP contribution in [0.5, 0.6) is 17.2 Å². The lowest BCUT2D eigenvalue weighted by atomic mass is 10.1. The fourth-order valence-electron chi connectivity index (χ4n) is 2.23. The molecule has 0 bridgehead atoms. The average molecular weight is 271 g/mol. The van der Waals surface area contributed by atoms with Gasteiger partial charge in [0.25, 0.3) is 0 Å². The van der Waals surface area contributed by atoms with Gasteiger partial charge in [0, 0.05) is 23.9 Å². The molecule has 0 atom stereocenters. The van der Waals surface area contributed by atoms with Crippen molar-refractivity contribution < 1.29 is 14.6 Å². The van der Waals surface area contributed by atoms with Gasteiger partial charge in [-0.3, -0.25) is 0 Å². The van der Waals surface area contributed by atoms with E-state index >= 15 is 0 Å². The number of aryl methyl sites for hydroxylation is 2. The lowest BCUT2D eigenvalue weighted by molar-refractivity contribution is 0.174. The van der Waals surface area contributed by atoms with Crippen LogP contribution < -0.4 is 14.8 Å². The summed E-state index contributed by atoms with van der Waals surface area (Å²) in [4.78, 5) is 0. The molecule has 0 spiro atoms. The molecular formula is C16H17NO3. The van der Waals surface area contributed by atoms with Crippen LogP contribution >= 0.6 is 0 Å². The van der Waals surface area contributed by atoms with Gasteiger partial charge in [0.2, 0.25) is 6.79 Å². The summed E-state index contributed by atoms with van der Waals surface area (Å²) in [5.74, 6) is 1.49. The largest absolute Gasteiger partial charge is 0.507 e. The van der Waals surface area contributed by atoms with Crippen molar-refractivity contribution in [2.45, 2.75) is 20.4 Å². The van der Waals surface area contributed by atoms with E-state index in [0.717, 1.165) is 11.3 Å².